The number of halogens is 1. The maximum Gasteiger partial charge on any atom is 0.324 e. The highest BCUT2D eigenvalue weighted by Crippen LogP contribution is 2.23. The van der Waals surface area contributed by atoms with Crippen LogP contribution in [0.1, 0.15) is 5.56 Å². The van der Waals surface area contributed by atoms with Crippen LogP contribution in [0, 0.1) is 10.1 Å². The summed E-state index contributed by atoms with van der Waals surface area (Å²) in [5, 5.41) is 16.2. The van der Waals surface area contributed by atoms with Gasteiger partial charge in [-0.2, -0.15) is 5.10 Å². The van der Waals surface area contributed by atoms with Crippen LogP contribution in [0.5, 0.6) is 5.75 Å². The van der Waals surface area contributed by atoms with Crippen LogP contribution >= 0.6 is 22.9 Å². The van der Waals surface area contributed by atoms with Gasteiger partial charge < -0.3 is 4.74 Å². The lowest BCUT2D eigenvalue weighted by Crippen LogP contribution is -2.24. The zero-order valence-electron chi connectivity index (χ0n) is 11.1. The molecule has 0 radical (unpaired) electrons. The minimum absolute atomic E-state index is 0.00910. The number of carbonyl (C=O) groups is 1. The first-order chi connectivity index (χ1) is 10.6. The van der Waals surface area contributed by atoms with E-state index in [1.165, 1.54) is 12.3 Å². The van der Waals surface area contributed by atoms with Crippen LogP contribution in [0.4, 0.5) is 5.00 Å². The van der Waals surface area contributed by atoms with Gasteiger partial charge in [-0.1, -0.05) is 35.1 Å². The number of nitrogens with one attached hydrogen (secondary N) is 1. The number of ether oxygens (including phenoxy) is 1. The fourth-order valence-corrected chi connectivity index (χ4v) is 2.28. The summed E-state index contributed by atoms with van der Waals surface area (Å²) in [4.78, 5) is 21.6. The highest BCUT2D eigenvalue weighted by Gasteiger charge is 2.08. The van der Waals surface area contributed by atoms with Gasteiger partial charge in [-0.15, -0.1) is 0 Å². The number of nitro groups is 1. The number of amides is 1. The Balaban J connectivity index is 1.81. The Bertz CT molecular complexity index is 717. The number of para-hydroxylation sites is 1. The maximum atomic E-state index is 11.5. The van der Waals surface area contributed by atoms with Crippen LogP contribution in [0.3, 0.4) is 0 Å². The van der Waals surface area contributed by atoms with E-state index in [0.717, 1.165) is 11.3 Å². The normalized spacial score (nSPS) is 10.6. The summed E-state index contributed by atoms with van der Waals surface area (Å²) >= 11 is 6.86. The predicted molar refractivity (Wildman–Crippen MR) is 83.7 cm³/mol. The molecular formula is C13H10ClN3O4S. The standard InChI is InChI=1S/C13H10ClN3O4S/c14-10-3-1-2-4-11(10)21-7-12(18)16-15-6-9-5-13(17(19)20)22-8-9/h1-6,8H,7H2,(H,16,18)/b15-6+. The van der Waals surface area contributed by atoms with E-state index in [0.29, 0.717) is 16.3 Å². The number of hydrogen-bond acceptors (Lipinski definition) is 6. The molecule has 2 rings (SSSR count). The average molecular weight is 340 g/mol. The molecule has 9 heteroatoms. The van der Waals surface area contributed by atoms with Crippen molar-refractivity contribution in [1.29, 1.82) is 0 Å². The minimum Gasteiger partial charge on any atom is -0.482 e. The molecular weight excluding hydrogens is 330 g/mol. The van der Waals surface area contributed by atoms with E-state index in [-0.39, 0.29) is 11.6 Å². The summed E-state index contributed by atoms with van der Waals surface area (Å²) in [6.07, 6.45) is 1.32. The van der Waals surface area contributed by atoms with Crippen molar-refractivity contribution in [3.63, 3.8) is 0 Å². The van der Waals surface area contributed by atoms with Crippen LogP contribution in [0.15, 0.2) is 40.8 Å². The SMILES string of the molecule is O=C(COc1ccccc1Cl)N/N=C/c1csc([N+](=O)[O-])c1. The zero-order chi connectivity index (χ0) is 15.9. The lowest BCUT2D eigenvalue weighted by atomic mass is 10.3. The molecule has 0 atom stereocenters. The second kappa shape index (κ2) is 7.53. The van der Waals surface area contributed by atoms with Crippen molar-refractivity contribution in [2.45, 2.75) is 0 Å². The van der Waals surface area contributed by atoms with Crippen LogP contribution in [0.25, 0.3) is 0 Å². The van der Waals surface area contributed by atoms with E-state index < -0.39 is 10.8 Å². The molecule has 0 aliphatic heterocycles. The van der Waals surface area contributed by atoms with Crippen molar-refractivity contribution in [3.8, 4) is 5.75 Å². The molecule has 1 aromatic heterocycles. The molecule has 22 heavy (non-hydrogen) atoms. The topological polar surface area (TPSA) is 93.8 Å². The average Bonchev–Trinajstić information content (AvgIpc) is 2.95. The quantitative estimate of drug-likeness (QED) is 0.497. The van der Waals surface area contributed by atoms with Gasteiger partial charge in [0, 0.05) is 17.0 Å². The van der Waals surface area contributed by atoms with Crippen molar-refractivity contribution < 1.29 is 14.5 Å². The third-order valence-electron chi connectivity index (χ3n) is 2.38. The van der Waals surface area contributed by atoms with Gasteiger partial charge in [0.2, 0.25) is 0 Å². The molecule has 0 spiro atoms. The number of thiophene rings is 1. The van der Waals surface area contributed by atoms with Gasteiger partial charge in [0.1, 0.15) is 5.75 Å². The van der Waals surface area contributed by atoms with E-state index in [4.69, 9.17) is 16.3 Å². The molecule has 2 aromatic rings. The van der Waals surface area contributed by atoms with Gasteiger partial charge in [-0.3, -0.25) is 14.9 Å². The number of rotatable bonds is 6. The molecule has 1 aromatic carbocycles. The molecule has 1 N–H and O–H groups in total. The molecule has 0 fully saturated rings. The predicted octanol–water partition coefficient (Wildman–Crippen LogP) is 2.84. The Morgan fingerprint density at radius 2 is 2.27 bits per heavy atom. The smallest absolute Gasteiger partial charge is 0.324 e. The maximum absolute atomic E-state index is 11.5. The van der Waals surface area contributed by atoms with E-state index in [1.807, 2.05) is 0 Å². The number of nitrogens with zero attached hydrogens (tertiary/aromatic N) is 2. The van der Waals surface area contributed by atoms with Crippen molar-refractivity contribution >= 4 is 40.1 Å². The Hall–Kier alpha value is -2.45. The van der Waals surface area contributed by atoms with Crippen LogP contribution in [-0.2, 0) is 4.79 Å². The van der Waals surface area contributed by atoms with Gasteiger partial charge in [-0.05, 0) is 12.1 Å². The van der Waals surface area contributed by atoms with Crippen LogP contribution in [0.2, 0.25) is 5.02 Å². The lowest BCUT2D eigenvalue weighted by molar-refractivity contribution is -0.380. The van der Waals surface area contributed by atoms with Gasteiger partial charge in [0.05, 0.1) is 16.2 Å². The summed E-state index contributed by atoms with van der Waals surface area (Å²) in [6.45, 7) is -0.245. The van der Waals surface area contributed by atoms with Crippen LogP contribution in [-0.4, -0.2) is 23.7 Å². The highest BCUT2D eigenvalue weighted by atomic mass is 35.5. The fourth-order valence-electron chi connectivity index (χ4n) is 1.42. The van der Waals surface area contributed by atoms with Crippen molar-refractivity contribution in [2.24, 2.45) is 5.10 Å². The summed E-state index contributed by atoms with van der Waals surface area (Å²) in [7, 11) is 0. The van der Waals surface area contributed by atoms with Crippen LogP contribution < -0.4 is 10.2 Å². The largest absolute Gasteiger partial charge is 0.482 e. The number of benzene rings is 1. The summed E-state index contributed by atoms with van der Waals surface area (Å²) in [5.74, 6) is -0.0716. The molecule has 114 valence electrons. The summed E-state index contributed by atoms with van der Waals surface area (Å²) in [6, 6.07) is 8.14. The summed E-state index contributed by atoms with van der Waals surface area (Å²) in [5.41, 5.74) is 2.79. The van der Waals surface area contributed by atoms with Crippen molar-refractivity contribution in [2.75, 3.05) is 6.61 Å². The van der Waals surface area contributed by atoms with E-state index >= 15 is 0 Å². The van der Waals surface area contributed by atoms with Gasteiger partial charge in [-0.25, -0.2) is 5.43 Å². The van der Waals surface area contributed by atoms with Gasteiger partial charge >= 0.3 is 5.00 Å². The molecule has 0 aliphatic carbocycles. The van der Waals surface area contributed by atoms with Gasteiger partial charge in [0.15, 0.2) is 6.61 Å². The first kappa shape index (κ1) is 15.9. The monoisotopic (exact) mass is 339 g/mol. The molecule has 0 aliphatic rings. The molecule has 1 heterocycles. The van der Waals surface area contributed by atoms with E-state index in [2.05, 4.69) is 10.5 Å². The molecule has 0 unspecified atom stereocenters. The van der Waals surface area contributed by atoms with E-state index in [9.17, 15) is 14.9 Å². The fraction of sp³-hybridized carbons (Fsp3) is 0.0769. The van der Waals surface area contributed by atoms with Crippen molar-refractivity contribution in [1.82, 2.24) is 5.43 Å². The molecule has 0 saturated carbocycles. The molecule has 1 amide bonds. The second-order valence-corrected chi connectivity index (χ2v) is 5.28. The molecule has 0 bridgehead atoms. The third-order valence-corrected chi connectivity index (χ3v) is 3.59. The Kier molecular flexibility index (Phi) is 5.45. The Morgan fingerprint density at radius 3 is 2.95 bits per heavy atom. The molecule has 0 saturated heterocycles. The van der Waals surface area contributed by atoms with Gasteiger partial charge in [0.25, 0.3) is 5.91 Å². The first-order valence-electron chi connectivity index (χ1n) is 5.98. The molecule has 7 nitrogen and oxygen atoms in total. The van der Waals surface area contributed by atoms with Crippen molar-refractivity contribution in [3.05, 3.63) is 56.4 Å². The minimum atomic E-state index is -0.488. The number of carbonyl (C=O) groups excluding carboxylic acids is 1. The lowest BCUT2D eigenvalue weighted by Gasteiger charge is -2.06. The number of hydrogen-bond donors (Lipinski definition) is 1. The Morgan fingerprint density at radius 1 is 1.50 bits per heavy atom. The summed E-state index contributed by atoms with van der Waals surface area (Å²) < 4.78 is 5.23. The first-order valence-corrected chi connectivity index (χ1v) is 7.24. The second-order valence-electron chi connectivity index (χ2n) is 3.99. The highest BCUT2D eigenvalue weighted by molar-refractivity contribution is 7.13. The third kappa shape index (κ3) is 4.54. The number of hydrazone groups is 1. The van der Waals surface area contributed by atoms with E-state index in [1.54, 1.807) is 29.6 Å². The zero-order valence-corrected chi connectivity index (χ0v) is 12.6. The Labute approximate surface area is 134 Å².